The molecular weight excluding hydrogens is 343 g/mol. The Morgan fingerprint density at radius 2 is 2.00 bits per heavy atom. The summed E-state index contributed by atoms with van der Waals surface area (Å²) in [4.78, 5) is 10.2. The van der Waals surface area contributed by atoms with Crippen LogP contribution in [0.3, 0.4) is 0 Å². The van der Waals surface area contributed by atoms with Gasteiger partial charge in [0.2, 0.25) is 0 Å². The van der Waals surface area contributed by atoms with Gasteiger partial charge in [0.15, 0.2) is 0 Å². The molecule has 0 aromatic heterocycles. The molecule has 0 saturated heterocycles. The van der Waals surface area contributed by atoms with E-state index in [-0.39, 0.29) is 10.6 Å². The molecule has 4 heteroatoms. The summed E-state index contributed by atoms with van der Waals surface area (Å²) in [6, 6.07) is 0. The van der Waals surface area contributed by atoms with Gasteiger partial charge in [0, 0.05) is 0 Å². The number of hydrogen-bond acceptors (Lipinski definition) is 1. The third-order valence-electron chi connectivity index (χ3n) is 0.771. The van der Waals surface area contributed by atoms with Gasteiger partial charge >= 0.3 is 80.3 Å². The van der Waals surface area contributed by atoms with E-state index in [0.29, 0.717) is 11.3 Å². The van der Waals surface area contributed by atoms with Gasteiger partial charge < -0.3 is 0 Å². The Kier molecular flexibility index (Phi) is 5.15. The summed E-state index contributed by atoms with van der Waals surface area (Å²) in [5, 5.41) is 0.544. The predicted molar refractivity (Wildman–Crippen MR) is 40.0 cm³/mol. The normalized spacial score (nSPS) is 11.8. The molecule has 0 unspecified atom stereocenters. The molecule has 0 spiro atoms. The van der Waals surface area contributed by atoms with Crippen LogP contribution in [0.1, 0.15) is 0 Å². The summed E-state index contributed by atoms with van der Waals surface area (Å²) in [5.74, 6) is 0. The molecule has 10 heavy (non-hydrogen) atoms. The molecule has 0 saturated carbocycles. The zero-order valence-corrected chi connectivity index (χ0v) is 9.38. The van der Waals surface area contributed by atoms with Crippen LogP contribution in [-0.2, 0) is 24.1 Å². The van der Waals surface area contributed by atoms with Crippen molar-refractivity contribution in [2.75, 3.05) is 0 Å². The van der Waals surface area contributed by atoms with E-state index >= 15 is 0 Å². The van der Waals surface area contributed by atoms with Gasteiger partial charge in [-0.05, 0) is 0 Å². The fourth-order valence-corrected chi connectivity index (χ4v) is 1.12. The first kappa shape index (κ1) is 10.3. The number of hydrogen-bond donors (Lipinski definition) is 0. The standard InChI is InChI=1S/C6H4Cl2O.W/c1-4(7)6(3-9)5(2)8;/h1,3H,2H2;/b6-4+;. The molecule has 0 aliphatic heterocycles. The van der Waals surface area contributed by atoms with Crippen molar-refractivity contribution in [3.05, 3.63) is 22.2 Å². The van der Waals surface area contributed by atoms with Crippen molar-refractivity contribution in [3.63, 3.8) is 0 Å². The molecular formula is C6H4Cl2OW. The summed E-state index contributed by atoms with van der Waals surface area (Å²) < 4.78 is 1.67. The van der Waals surface area contributed by atoms with Gasteiger partial charge in [-0.2, -0.15) is 0 Å². The van der Waals surface area contributed by atoms with Crippen molar-refractivity contribution in [1.82, 2.24) is 0 Å². The number of allylic oxidation sites excluding steroid dienone is 3. The maximum atomic E-state index is 10.2. The Hall–Kier alpha value is 0.288. The minimum atomic E-state index is 0.178. The number of rotatable bonds is 3. The second-order valence-electron chi connectivity index (χ2n) is 1.40. The first-order chi connectivity index (χ1) is 4.63. The van der Waals surface area contributed by atoms with Crippen molar-refractivity contribution in [2.45, 2.75) is 0 Å². The SMILES string of the molecule is C=C(Cl)/C(C=O)=C(/Cl)[CH]=[W]. The number of carbonyl (C=O) groups is 1. The Bertz CT molecular complexity index is 208. The number of carbonyl (C=O) groups excluding carboxylic acids is 1. The van der Waals surface area contributed by atoms with E-state index in [1.807, 2.05) is 0 Å². The second-order valence-corrected chi connectivity index (χ2v) is 3.11. The van der Waals surface area contributed by atoms with Crippen LogP contribution in [0, 0.1) is 0 Å². The van der Waals surface area contributed by atoms with Crippen molar-refractivity contribution < 1.29 is 24.1 Å². The third-order valence-corrected chi connectivity index (χ3v) is 2.65. The van der Waals surface area contributed by atoms with Gasteiger partial charge in [0.05, 0.1) is 0 Å². The molecule has 0 aromatic carbocycles. The van der Waals surface area contributed by atoms with Crippen molar-refractivity contribution in [1.29, 1.82) is 0 Å². The van der Waals surface area contributed by atoms with Crippen LogP contribution in [0.25, 0.3) is 0 Å². The Morgan fingerprint density at radius 1 is 1.50 bits per heavy atom. The van der Waals surface area contributed by atoms with E-state index in [1.165, 1.54) is 0 Å². The summed E-state index contributed by atoms with van der Waals surface area (Å²) >= 11 is 12.2. The second kappa shape index (κ2) is 5.01. The average molecular weight is 347 g/mol. The van der Waals surface area contributed by atoms with Crippen LogP contribution in [0.5, 0.6) is 0 Å². The molecule has 0 rings (SSSR count). The fourth-order valence-electron chi connectivity index (χ4n) is 0.313. The summed E-state index contributed by atoms with van der Waals surface area (Å²) in [5.41, 5.74) is 0.262. The van der Waals surface area contributed by atoms with Crippen molar-refractivity contribution in [3.8, 4) is 0 Å². The molecule has 0 atom stereocenters. The predicted octanol–water partition coefficient (Wildman–Crippen LogP) is 1.78. The molecule has 0 aromatic rings. The van der Waals surface area contributed by atoms with Gasteiger partial charge in [0.1, 0.15) is 0 Å². The van der Waals surface area contributed by atoms with Gasteiger partial charge in [-0.25, -0.2) is 0 Å². The fraction of sp³-hybridized carbons (Fsp3) is 0. The van der Waals surface area contributed by atoms with Crippen LogP contribution >= 0.6 is 23.2 Å². The van der Waals surface area contributed by atoms with E-state index in [0.717, 1.165) is 19.4 Å². The number of aldehydes is 1. The molecule has 0 bridgehead atoms. The molecule has 0 aliphatic carbocycles. The maximum absolute atomic E-state index is 10.2. The summed E-state index contributed by atoms with van der Waals surface area (Å²) in [7, 11) is 0. The average Bonchev–Trinajstić information content (AvgIpc) is 1.88. The minimum absolute atomic E-state index is 0.178. The Labute approximate surface area is 80.1 Å². The van der Waals surface area contributed by atoms with Crippen LogP contribution < -0.4 is 0 Å². The van der Waals surface area contributed by atoms with Gasteiger partial charge in [-0.15, -0.1) is 0 Å². The molecule has 0 N–H and O–H groups in total. The Balaban J connectivity index is 4.79. The summed E-state index contributed by atoms with van der Waals surface area (Å²) in [6.45, 7) is 3.38. The first-order valence-corrected chi connectivity index (χ1v) is 4.73. The van der Waals surface area contributed by atoms with E-state index < -0.39 is 0 Å². The first-order valence-electron chi connectivity index (χ1n) is 2.28. The monoisotopic (exact) mass is 346 g/mol. The van der Waals surface area contributed by atoms with Gasteiger partial charge in [-0.1, -0.05) is 0 Å². The van der Waals surface area contributed by atoms with E-state index in [4.69, 9.17) is 23.2 Å². The Morgan fingerprint density at radius 3 is 2.10 bits per heavy atom. The molecule has 1 nitrogen and oxygen atoms in total. The topological polar surface area (TPSA) is 17.1 Å². The van der Waals surface area contributed by atoms with Crippen LogP contribution in [-0.4, -0.2) is 10.7 Å². The number of halogens is 2. The van der Waals surface area contributed by atoms with Crippen LogP contribution in [0.4, 0.5) is 0 Å². The zero-order valence-electron chi connectivity index (χ0n) is 4.93. The molecule has 0 aliphatic rings. The zero-order chi connectivity index (χ0) is 8.15. The van der Waals surface area contributed by atoms with Crippen molar-refractivity contribution in [2.24, 2.45) is 0 Å². The molecule has 54 valence electrons. The van der Waals surface area contributed by atoms with Crippen molar-refractivity contribution >= 4 is 33.9 Å². The van der Waals surface area contributed by atoms with Crippen LogP contribution in [0.15, 0.2) is 22.2 Å². The quantitative estimate of drug-likeness (QED) is 0.432. The molecule has 0 radical (unpaired) electrons. The van der Waals surface area contributed by atoms with E-state index in [1.54, 1.807) is 4.40 Å². The van der Waals surface area contributed by atoms with Crippen LogP contribution in [0.2, 0.25) is 0 Å². The summed E-state index contributed by atoms with van der Waals surface area (Å²) in [6.07, 6.45) is 0.594. The van der Waals surface area contributed by atoms with Gasteiger partial charge in [0.25, 0.3) is 0 Å². The molecule has 0 fully saturated rings. The van der Waals surface area contributed by atoms with E-state index in [9.17, 15) is 4.79 Å². The third kappa shape index (κ3) is 2.92. The van der Waals surface area contributed by atoms with Gasteiger partial charge in [-0.3, -0.25) is 0 Å². The molecule has 0 amide bonds. The molecule has 0 heterocycles. The van der Waals surface area contributed by atoms with E-state index in [2.05, 4.69) is 6.58 Å².